The molecule has 2 amide bonds. The standard InChI is InChI=1S/C23H28N4O2/c28-22(16-24-23(29)19-6-7-19)25-20-8-10-21(11-9-20)27-14-12-26(13-15-27)17-18-4-2-1-3-5-18/h1-5,8-11,19H,6-7,12-17H2,(H,24,29)(H,25,28). The summed E-state index contributed by atoms with van der Waals surface area (Å²) in [5.74, 6) is -0.0848. The number of amides is 2. The van der Waals surface area contributed by atoms with Crippen LogP contribution < -0.4 is 15.5 Å². The molecule has 29 heavy (non-hydrogen) atoms. The van der Waals surface area contributed by atoms with Crippen molar-refractivity contribution in [3.05, 3.63) is 60.2 Å². The maximum atomic E-state index is 12.0. The molecule has 1 saturated heterocycles. The van der Waals surface area contributed by atoms with E-state index in [1.807, 2.05) is 24.3 Å². The van der Waals surface area contributed by atoms with Crippen LogP contribution in [0.2, 0.25) is 0 Å². The number of nitrogens with zero attached hydrogens (tertiary/aromatic N) is 2. The average Bonchev–Trinajstić information content (AvgIpc) is 3.60. The summed E-state index contributed by atoms with van der Waals surface area (Å²) < 4.78 is 0. The molecule has 152 valence electrons. The zero-order valence-electron chi connectivity index (χ0n) is 16.6. The minimum Gasteiger partial charge on any atom is -0.369 e. The van der Waals surface area contributed by atoms with Gasteiger partial charge in [0.1, 0.15) is 0 Å². The van der Waals surface area contributed by atoms with Crippen LogP contribution in [0.15, 0.2) is 54.6 Å². The lowest BCUT2D eigenvalue weighted by atomic mass is 10.2. The molecule has 2 aromatic rings. The van der Waals surface area contributed by atoms with Crippen LogP contribution >= 0.6 is 0 Å². The predicted molar refractivity (Wildman–Crippen MR) is 115 cm³/mol. The second-order valence-electron chi connectivity index (χ2n) is 7.84. The molecule has 4 rings (SSSR count). The highest BCUT2D eigenvalue weighted by molar-refractivity contribution is 5.95. The second-order valence-corrected chi connectivity index (χ2v) is 7.84. The molecule has 1 aliphatic carbocycles. The molecule has 0 atom stereocenters. The summed E-state index contributed by atoms with van der Waals surface area (Å²) in [6.45, 7) is 5.08. The highest BCUT2D eigenvalue weighted by Crippen LogP contribution is 2.28. The van der Waals surface area contributed by atoms with E-state index in [4.69, 9.17) is 0 Å². The maximum absolute atomic E-state index is 12.0. The quantitative estimate of drug-likeness (QED) is 0.760. The van der Waals surface area contributed by atoms with Gasteiger partial charge in [-0.2, -0.15) is 0 Å². The molecule has 2 fully saturated rings. The minimum absolute atomic E-state index is 0.0121. The Kier molecular flexibility index (Phi) is 6.10. The van der Waals surface area contributed by atoms with Gasteiger partial charge in [0, 0.05) is 50.0 Å². The molecule has 0 aromatic heterocycles. The molecule has 2 N–H and O–H groups in total. The van der Waals surface area contributed by atoms with Gasteiger partial charge in [-0.25, -0.2) is 0 Å². The number of rotatable bonds is 7. The van der Waals surface area contributed by atoms with Gasteiger partial charge < -0.3 is 15.5 Å². The molecule has 1 aliphatic heterocycles. The monoisotopic (exact) mass is 392 g/mol. The number of carbonyl (C=O) groups excluding carboxylic acids is 2. The largest absolute Gasteiger partial charge is 0.369 e. The third-order valence-electron chi connectivity index (χ3n) is 5.51. The molecule has 1 heterocycles. The van der Waals surface area contributed by atoms with Crippen molar-refractivity contribution in [1.29, 1.82) is 0 Å². The van der Waals surface area contributed by atoms with Crippen molar-refractivity contribution in [2.24, 2.45) is 5.92 Å². The molecule has 0 radical (unpaired) electrons. The maximum Gasteiger partial charge on any atom is 0.243 e. The van der Waals surface area contributed by atoms with E-state index in [1.165, 1.54) is 11.3 Å². The third kappa shape index (κ3) is 5.57. The molecule has 0 unspecified atom stereocenters. The zero-order chi connectivity index (χ0) is 20.1. The lowest BCUT2D eigenvalue weighted by Gasteiger charge is -2.36. The molecule has 2 aromatic carbocycles. The molecule has 0 bridgehead atoms. The Morgan fingerprint density at radius 1 is 0.897 bits per heavy atom. The first-order valence-electron chi connectivity index (χ1n) is 10.4. The Labute approximate surface area is 171 Å². The summed E-state index contributed by atoms with van der Waals surface area (Å²) in [4.78, 5) is 28.5. The van der Waals surface area contributed by atoms with E-state index >= 15 is 0 Å². The Morgan fingerprint density at radius 3 is 2.24 bits per heavy atom. The average molecular weight is 393 g/mol. The number of hydrogen-bond acceptors (Lipinski definition) is 4. The summed E-state index contributed by atoms with van der Waals surface area (Å²) in [6.07, 6.45) is 1.88. The van der Waals surface area contributed by atoms with E-state index in [0.717, 1.165) is 51.3 Å². The van der Waals surface area contributed by atoms with Crippen molar-refractivity contribution >= 4 is 23.2 Å². The number of anilines is 2. The molecule has 6 heteroatoms. The zero-order valence-corrected chi connectivity index (χ0v) is 16.6. The van der Waals surface area contributed by atoms with Crippen molar-refractivity contribution in [2.45, 2.75) is 19.4 Å². The van der Waals surface area contributed by atoms with Gasteiger partial charge in [-0.1, -0.05) is 30.3 Å². The van der Waals surface area contributed by atoms with Crippen LogP contribution in [0, 0.1) is 5.92 Å². The lowest BCUT2D eigenvalue weighted by Crippen LogP contribution is -2.45. The van der Waals surface area contributed by atoms with Gasteiger partial charge in [0.05, 0.1) is 6.54 Å². The number of hydrogen-bond donors (Lipinski definition) is 2. The SMILES string of the molecule is O=C(CNC(=O)C1CC1)Nc1ccc(N2CCN(Cc3ccccc3)CC2)cc1. The first-order chi connectivity index (χ1) is 14.2. The van der Waals surface area contributed by atoms with Crippen LogP contribution in [0.25, 0.3) is 0 Å². The van der Waals surface area contributed by atoms with Crippen LogP contribution in [0.5, 0.6) is 0 Å². The molecular weight excluding hydrogens is 364 g/mol. The summed E-state index contributed by atoms with van der Waals surface area (Å²) >= 11 is 0. The molecule has 1 saturated carbocycles. The van der Waals surface area contributed by atoms with Gasteiger partial charge >= 0.3 is 0 Å². The van der Waals surface area contributed by atoms with Crippen molar-refractivity contribution in [3.8, 4) is 0 Å². The van der Waals surface area contributed by atoms with Gasteiger partial charge in [0.25, 0.3) is 0 Å². The van der Waals surface area contributed by atoms with Gasteiger partial charge in [-0.05, 0) is 42.7 Å². The summed E-state index contributed by atoms with van der Waals surface area (Å²) in [5, 5.41) is 5.53. The minimum atomic E-state index is -0.193. The smallest absolute Gasteiger partial charge is 0.243 e. The fourth-order valence-electron chi connectivity index (χ4n) is 3.62. The van der Waals surface area contributed by atoms with Crippen molar-refractivity contribution < 1.29 is 9.59 Å². The van der Waals surface area contributed by atoms with Crippen molar-refractivity contribution in [3.63, 3.8) is 0 Å². The third-order valence-corrected chi connectivity index (χ3v) is 5.51. The fraction of sp³-hybridized carbons (Fsp3) is 0.391. The second kappa shape index (κ2) is 9.09. The van der Waals surface area contributed by atoms with Crippen LogP contribution in [-0.4, -0.2) is 49.4 Å². The van der Waals surface area contributed by atoms with Gasteiger partial charge in [0.2, 0.25) is 11.8 Å². The van der Waals surface area contributed by atoms with Crippen LogP contribution in [0.1, 0.15) is 18.4 Å². The number of piperazine rings is 1. The van der Waals surface area contributed by atoms with Crippen LogP contribution in [0.4, 0.5) is 11.4 Å². The Bertz CT molecular complexity index is 826. The Balaban J connectivity index is 1.22. The van der Waals surface area contributed by atoms with E-state index in [-0.39, 0.29) is 24.3 Å². The van der Waals surface area contributed by atoms with Gasteiger partial charge in [-0.3, -0.25) is 14.5 Å². The van der Waals surface area contributed by atoms with E-state index in [2.05, 4.69) is 50.8 Å². The first-order valence-corrected chi connectivity index (χ1v) is 10.4. The Hall–Kier alpha value is -2.86. The van der Waals surface area contributed by atoms with Crippen molar-refractivity contribution in [1.82, 2.24) is 10.2 Å². The normalized spacial score (nSPS) is 17.0. The highest BCUT2D eigenvalue weighted by atomic mass is 16.2. The van der Waals surface area contributed by atoms with E-state index < -0.39 is 0 Å². The number of nitrogens with one attached hydrogen (secondary N) is 2. The number of carbonyl (C=O) groups is 2. The molecule has 0 spiro atoms. The fourth-order valence-corrected chi connectivity index (χ4v) is 3.62. The number of benzene rings is 2. The molecular formula is C23H28N4O2. The van der Waals surface area contributed by atoms with Gasteiger partial charge in [0.15, 0.2) is 0 Å². The molecule has 2 aliphatic rings. The molecule has 6 nitrogen and oxygen atoms in total. The van der Waals surface area contributed by atoms with Crippen molar-refractivity contribution in [2.75, 3.05) is 42.9 Å². The van der Waals surface area contributed by atoms with E-state index in [9.17, 15) is 9.59 Å². The summed E-state index contributed by atoms with van der Waals surface area (Å²) in [7, 11) is 0. The topological polar surface area (TPSA) is 64.7 Å². The highest BCUT2D eigenvalue weighted by Gasteiger charge is 2.29. The van der Waals surface area contributed by atoms with Crippen LogP contribution in [0.3, 0.4) is 0 Å². The lowest BCUT2D eigenvalue weighted by molar-refractivity contribution is -0.125. The predicted octanol–water partition coefficient (Wildman–Crippen LogP) is 2.47. The van der Waals surface area contributed by atoms with E-state index in [0.29, 0.717) is 0 Å². The summed E-state index contributed by atoms with van der Waals surface area (Å²) in [5.41, 5.74) is 3.28. The first kappa shape index (κ1) is 19.5. The summed E-state index contributed by atoms with van der Waals surface area (Å²) in [6, 6.07) is 18.5. The van der Waals surface area contributed by atoms with Crippen LogP contribution in [-0.2, 0) is 16.1 Å². The Morgan fingerprint density at radius 2 is 1.59 bits per heavy atom. The van der Waals surface area contributed by atoms with Gasteiger partial charge in [-0.15, -0.1) is 0 Å². The van der Waals surface area contributed by atoms with E-state index in [1.54, 1.807) is 0 Å².